The standard InChI is InChI=1S/C12H21NO4/c14-7-6-10(12(16)17)13-11(15)8-9-4-2-1-3-5-9/h9-10,14H,1-8H2,(H,13,15)(H,16,17). The van der Waals surface area contributed by atoms with E-state index >= 15 is 0 Å². The summed E-state index contributed by atoms with van der Waals surface area (Å²) in [6.45, 7) is -0.235. The van der Waals surface area contributed by atoms with Gasteiger partial charge in [0.25, 0.3) is 0 Å². The Labute approximate surface area is 101 Å². The molecule has 1 atom stereocenters. The molecule has 1 aliphatic rings. The van der Waals surface area contributed by atoms with Crippen molar-refractivity contribution in [2.24, 2.45) is 5.92 Å². The molecule has 1 fully saturated rings. The highest BCUT2D eigenvalue weighted by molar-refractivity contribution is 5.83. The van der Waals surface area contributed by atoms with E-state index in [1.807, 2.05) is 0 Å². The van der Waals surface area contributed by atoms with Crippen LogP contribution in [-0.2, 0) is 9.59 Å². The van der Waals surface area contributed by atoms with Crippen LogP contribution in [-0.4, -0.2) is 34.7 Å². The molecule has 5 nitrogen and oxygen atoms in total. The second kappa shape index (κ2) is 7.27. The van der Waals surface area contributed by atoms with Gasteiger partial charge < -0.3 is 15.5 Å². The number of hydrogen-bond donors (Lipinski definition) is 3. The van der Waals surface area contributed by atoms with Crippen LogP contribution in [0.4, 0.5) is 0 Å². The molecule has 1 saturated carbocycles. The Morgan fingerprint density at radius 1 is 1.24 bits per heavy atom. The highest BCUT2D eigenvalue weighted by atomic mass is 16.4. The number of nitrogens with one attached hydrogen (secondary N) is 1. The molecule has 0 radical (unpaired) electrons. The number of carbonyl (C=O) groups is 2. The second-order valence-corrected chi connectivity index (χ2v) is 4.68. The van der Waals surface area contributed by atoms with Gasteiger partial charge in [0, 0.05) is 19.4 Å². The lowest BCUT2D eigenvalue weighted by Gasteiger charge is -2.22. The Bertz CT molecular complexity index is 261. The number of carboxylic acid groups (broad SMARTS) is 1. The van der Waals surface area contributed by atoms with Gasteiger partial charge in [-0.3, -0.25) is 4.79 Å². The van der Waals surface area contributed by atoms with Crippen molar-refractivity contribution < 1.29 is 19.8 Å². The first-order chi connectivity index (χ1) is 8.13. The van der Waals surface area contributed by atoms with Crippen molar-refractivity contribution in [1.82, 2.24) is 5.32 Å². The smallest absolute Gasteiger partial charge is 0.326 e. The molecule has 3 N–H and O–H groups in total. The van der Waals surface area contributed by atoms with Gasteiger partial charge in [0.1, 0.15) is 6.04 Å². The largest absolute Gasteiger partial charge is 0.480 e. The minimum atomic E-state index is -1.09. The summed E-state index contributed by atoms with van der Waals surface area (Å²) in [5.41, 5.74) is 0. The van der Waals surface area contributed by atoms with E-state index in [4.69, 9.17) is 10.2 Å². The Balaban J connectivity index is 2.33. The van der Waals surface area contributed by atoms with Crippen molar-refractivity contribution in [2.45, 2.75) is 51.0 Å². The quantitative estimate of drug-likeness (QED) is 0.647. The molecule has 1 amide bonds. The summed E-state index contributed by atoms with van der Waals surface area (Å²) in [6.07, 6.45) is 6.16. The number of carbonyl (C=O) groups excluding carboxylic acids is 1. The van der Waals surface area contributed by atoms with Crippen molar-refractivity contribution >= 4 is 11.9 Å². The molecule has 0 aliphatic heterocycles. The average Bonchev–Trinajstić information content (AvgIpc) is 2.29. The SMILES string of the molecule is O=C(CC1CCCCC1)NC(CCO)C(=O)O. The molecule has 0 aromatic rings. The van der Waals surface area contributed by atoms with Crippen LogP contribution in [0.1, 0.15) is 44.9 Å². The average molecular weight is 243 g/mol. The van der Waals surface area contributed by atoms with Crippen LogP contribution in [0.15, 0.2) is 0 Å². The van der Waals surface area contributed by atoms with E-state index in [0.717, 1.165) is 25.7 Å². The summed E-state index contributed by atoms with van der Waals surface area (Å²) in [4.78, 5) is 22.4. The first kappa shape index (κ1) is 14.0. The van der Waals surface area contributed by atoms with Crippen LogP contribution in [0, 0.1) is 5.92 Å². The molecule has 1 unspecified atom stereocenters. The number of aliphatic carboxylic acids is 1. The number of rotatable bonds is 6. The molecule has 0 aromatic carbocycles. The first-order valence-corrected chi connectivity index (χ1v) is 6.26. The Morgan fingerprint density at radius 2 is 1.88 bits per heavy atom. The third-order valence-corrected chi connectivity index (χ3v) is 3.25. The van der Waals surface area contributed by atoms with Gasteiger partial charge in [0.05, 0.1) is 0 Å². The molecule has 0 spiro atoms. The van der Waals surface area contributed by atoms with Crippen molar-refractivity contribution in [1.29, 1.82) is 0 Å². The predicted octanol–water partition coefficient (Wildman–Crippen LogP) is 0.909. The maximum Gasteiger partial charge on any atom is 0.326 e. The fourth-order valence-corrected chi connectivity index (χ4v) is 2.29. The first-order valence-electron chi connectivity index (χ1n) is 6.26. The van der Waals surface area contributed by atoms with E-state index in [0.29, 0.717) is 12.3 Å². The minimum absolute atomic E-state index is 0.0613. The monoisotopic (exact) mass is 243 g/mol. The normalized spacial score (nSPS) is 18.6. The van der Waals surface area contributed by atoms with E-state index in [-0.39, 0.29) is 18.9 Å². The summed E-state index contributed by atoms with van der Waals surface area (Å²) < 4.78 is 0. The van der Waals surface area contributed by atoms with Crippen molar-refractivity contribution in [3.8, 4) is 0 Å². The van der Waals surface area contributed by atoms with Crippen LogP contribution in [0.3, 0.4) is 0 Å². The van der Waals surface area contributed by atoms with Crippen molar-refractivity contribution in [3.05, 3.63) is 0 Å². The lowest BCUT2D eigenvalue weighted by atomic mass is 9.87. The van der Waals surface area contributed by atoms with Crippen LogP contribution in [0.2, 0.25) is 0 Å². The fourth-order valence-electron chi connectivity index (χ4n) is 2.29. The maximum atomic E-state index is 11.6. The molecule has 0 saturated heterocycles. The summed E-state index contributed by atoms with van der Waals surface area (Å²) in [6, 6.07) is -0.962. The van der Waals surface area contributed by atoms with Gasteiger partial charge in [-0.2, -0.15) is 0 Å². The van der Waals surface area contributed by atoms with Gasteiger partial charge >= 0.3 is 5.97 Å². The van der Waals surface area contributed by atoms with Gasteiger partial charge in [-0.15, -0.1) is 0 Å². The number of carboxylic acids is 1. The zero-order valence-electron chi connectivity index (χ0n) is 10.0. The van der Waals surface area contributed by atoms with Crippen molar-refractivity contribution in [3.63, 3.8) is 0 Å². The van der Waals surface area contributed by atoms with Crippen LogP contribution < -0.4 is 5.32 Å². The molecule has 1 rings (SSSR count). The van der Waals surface area contributed by atoms with Gasteiger partial charge in [-0.1, -0.05) is 19.3 Å². The molecular weight excluding hydrogens is 222 g/mol. The highest BCUT2D eigenvalue weighted by Crippen LogP contribution is 2.26. The third kappa shape index (κ3) is 5.17. The van der Waals surface area contributed by atoms with E-state index in [9.17, 15) is 9.59 Å². The topological polar surface area (TPSA) is 86.6 Å². The Kier molecular flexibility index (Phi) is 5.97. The van der Waals surface area contributed by atoms with Gasteiger partial charge in [-0.05, 0) is 18.8 Å². The lowest BCUT2D eigenvalue weighted by Crippen LogP contribution is -2.42. The lowest BCUT2D eigenvalue weighted by molar-refractivity contribution is -0.142. The highest BCUT2D eigenvalue weighted by Gasteiger charge is 2.22. The maximum absolute atomic E-state index is 11.6. The number of hydrogen-bond acceptors (Lipinski definition) is 3. The zero-order chi connectivity index (χ0) is 12.7. The summed E-state index contributed by atoms with van der Waals surface area (Å²) in [5, 5.41) is 20.0. The zero-order valence-corrected chi connectivity index (χ0v) is 10.0. The van der Waals surface area contributed by atoms with Crippen LogP contribution >= 0.6 is 0 Å². The summed E-state index contributed by atoms with van der Waals surface area (Å²) in [7, 11) is 0. The van der Waals surface area contributed by atoms with Gasteiger partial charge in [-0.25, -0.2) is 4.79 Å². The van der Waals surface area contributed by atoms with E-state index in [1.54, 1.807) is 0 Å². The Morgan fingerprint density at radius 3 is 2.41 bits per heavy atom. The second-order valence-electron chi connectivity index (χ2n) is 4.68. The summed E-state index contributed by atoms with van der Waals surface area (Å²) >= 11 is 0. The van der Waals surface area contributed by atoms with E-state index in [1.165, 1.54) is 6.42 Å². The third-order valence-electron chi connectivity index (χ3n) is 3.25. The minimum Gasteiger partial charge on any atom is -0.480 e. The van der Waals surface area contributed by atoms with Gasteiger partial charge in [0.2, 0.25) is 5.91 Å². The molecule has 17 heavy (non-hydrogen) atoms. The molecule has 5 heteroatoms. The Hall–Kier alpha value is -1.10. The molecular formula is C12H21NO4. The molecule has 1 aliphatic carbocycles. The number of amides is 1. The molecule has 0 heterocycles. The molecule has 0 aromatic heterocycles. The van der Waals surface area contributed by atoms with E-state index in [2.05, 4.69) is 5.32 Å². The number of aliphatic hydroxyl groups excluding tert-OH is 1. The number of aliphatic hydroxyl groups is 1. The predicted molar refractivity (Wildman–Crippen MR) is 62.5 cm³/mol. The van der Waals surface area contributed by atoms with Crippen molar-refractivity contribution in [2.75, 3.05) is 6.61 Å². The molecule has 0 bridgehead atoms. The van der Waals surface area contributed by atoms with E-state index < -0.39 is 12.0 Å². The van der Waals surface area contributed by atoms with Gasteiger partial charge in [0.15, 0.2) is 0 Å². The van der Waals surface area contributed by atoms with Crippen LogP contribution in [0.25, 0.3) is 0 Å². The van der Waals surface area contributed by atoms with Crippen LogP contribution in [0.5, 0.6) is 0 Å². The fraction of sp³-hybridized carbons (Fsp3) is 0.833. The molecule has 98 valence electrons. The summed E-state index contributed by atoms with van der Waals surface area (Å²) in [5.74, 6) is -0.902.